The molecule has 96 valence electrons. The first-order valence-corrected chi connectivity index (χ1v) is 6.19. The van der Waals surface area contributed by atoms with Crippen LogP contribution in [0.1, 0.15) is 5.89 Å². The van der Waals surface area contributed by atoms with E-state index in [4.69, 9.17) is 4.42 Å². The lowest BCUT2D eigenvalue weighted by molar-refractivity contribution is 0.500. The average molecular weight is 254 g/mol. The van der Waals surface area contributed by atoms with Crippen LogP contribution in [0.5, 0.6) is 0 Å². The van der Waals surface area contributed by atoms with Crippen LogP contribution in [0.15, 0.2) is 40.9 Å². The fourth-order valence-electron chi connectivity index (χ4n) is 1.91. The number of fused-ring (bicyclic) bond motifs is 1. The van der Waals surface area contributed by atoms with Crippen molar-refractivity contribution in [2.75, 3.05) is 13.6 Å². The Morgan fingerprint density at radius 2 is 2.16 bits per heavy atom. The van der Waals surface area contributed by atoms with Gasteiger partial charge in [-0.25, -0.2) is 0 Å². The van der Waals surface area contributed by atoms with Gasteiger partial charge in [0.05, 0.1) is 5.52 Å². The van der Waals surface area contributed by atoms with Gasteiger partial charge in [-0.2, -0.15) is 0 Å². The van der Waals surface area contributed by atoms with Gasteiger partial charge in [0.1, 0.15) is 0 Å². The molecule has 0 aliphatic heterocycles. The molecule has 1 N–H and O–H groups in total. The molecule has 0 fully saturated rings. The van der Waals surface area contributed by atoms with Crippen LogP contribution in [0, 0.1) is 0 Å². The molecule has 19 heavy (non-hydrogen) atoms. The van der Waals surface area contributed by atoms with E-state index in [1.165, 1.54) is 0 Å². The van der Waals surface area contributed by atoms with Crippen molar-refractivity contribution >= 4 is 10.9 Å². The molecule has 0 amide bonds. The summed E-state index contributed by atoms with van der Waals surface area (Å²) in [4.78, 5) is 4.29. The average Bonchev–Trinajstić information content (AvgIpc) is 2.93. The zero-order valence-corrected chi connectivity index (χ0v) is 10.6. The highest BCUT2D eigenvalue weighted by molar-refractivity contribution is 5.82. The van der Waals surface area contributed by atoms with E-state index in [1.807, 2.05) is 37.4 Å². The maximum absolute atomic E-state index is 5.64. The summed E-state index contributed by atoms with van der Waals surface area (Å²) in [7, 11) is 1.90. The second kappa shape index (κ2) is 5.16. The third-order valence-corrected chi connectivity index (χ3v) is 2.91. The Morgan fingerprint density at radius 1 is 1.21 bits per heavy atom. The van der Waals surface area contributed by atoms with Crippen LogP contribution < -0.4 is 5.32 Å². The van der Waals surface area contributed by atoms with Gasteiger partial charge in [-0.1, -0.05) is 6.07 Å². The lowest BCUT2D eigenvalue weighted by Gasteiger charge is -1.98. The maximum Gasteiger partial charge on any atom is 0.247 e. The van der Waals surface area contributed by atoms with E-state index in [0.717, 1.165) is 29.4 Å². The van der Waals surface area contributed by atoms with E-state index < -0.39 is 0 Å². The van der Waals surface area contributed by atoms with Crippen molar-refractivity contribution in [2.24, 2.45) is 0 Å². The zero-order chi connectivity index (χ0) is 13.1. The smallest absolute Gasteiger partial charge is 0.247 e. The summed E-state index contributed by atoms with van der Waals surface area (Å²) in [6.45, 7) is 0.823. The predicted octanol–water partition coefficient (Wildman–Crippen LogP) is 2.05. The fraction of sp³-hybridized carbons (Fsp3) is 0.214. The molecule has 0 radical (unpaired) electrons. The molecule has 5 heteroatoms. The summed E-state index contributed by atoms with van der Waals surface area (Å²) in [5.74, 6) is 1.20. The number of likely N-dealkylation sites (N-methyl/N-ethyl adjacent to an activating group) is 1. The van der Waals surface area contributed by atoms with Gasteiger partial charge in [-0.15, -0.1) is 10.2 Å². The highest BCUT2D eigenvalue weighted by Gasteiger charge is 2.08. The molecule has 3 aromatic rings. The lowest BCUT2D eigenvalue weighted by Crippen LogP contribution is -2.10. The van der Waals surface area contributed by atoms with Crippen LogP contribution in [0.25, 0.3) is 22.4 Å². The largest absolute Gasteiger partial charge is 0.421 e. The van der Waals surface area contributed by atoms with E-state index in [-0.39, 0.29) is 0 Å². The molecule has 0 aliphatic carbocycles. The first-order chi connectivity index (χ1) is 9.36. The molecular weight excluding hydrogens is 240 g/mol. The summed E-state index contributed by atoms with van der Waals surface area (Å²) in [6, 6.07) is 9.85. The van der Waals surface area contributed by atoms with Crippen molar-refractivity contribution in [1.29, 1.82) is 0 Å². The van der Waals surface area contributed by atoms with E-state index in [1.54, 1.807) is 6.20 Å². The molecule has 0 unspecified atom stereocenters. The normalized spacial score (nSPS) is 11.0. The Hall–Kier alpha value is -2.27. The molecule has 0 saturated carbocycles. The number of pyridine rings is 1. The molecule has 5 nitrogen and oxygen atoms in total. The number of hydrogen-bond acceptors (Lipinski definition) is 5. The Kier molecular flexibility index (Phi) is 3.20. The van der Waals surface area contributed by atoms with Crippen molar-refractivity contribution in [3.05, 3.63) is 42.4 Å². The third-order valence-electron chi connectivity index (χ3n) is 2.91. The number of rotatable bonds is 4. The zero-order valence-electron chi connectivity index (χ0n) is 10.6. The van der Waals surface area contributed by atoms with Crippen molar-refractivity contribution in [3.8, 4) is 11.5 Å². The van der Waals surface area contributed by atoms with Gasteiger partial charge in [0.15, 0.2) is 0 Å². The standard InChI is InChI=1S/C14H14N4O/c1-15-8-6-13-17-18-14(19-13)11-4-5-12-10(9-11)3-2-7-16-12/h2-5,7,9,15H,6,8H2,1H3. The first kappa shape index (κ1) is 11.8. The summed E-state index contributed by atoms with van der Waals surface area (Å²) >= 11 is 0. The van der Waals surface area contributed by atoms with Gasteiger partial charge >= 0.3 is 0 Å². The quantitative estimate of drug-likeness (QED) is 0.772. The SMILES string of the molecule is CNCCc1nnc(-c2ccc3ncccc3c2)o1. The molecule has 0 spiro atoms. The van der Waals surface area contributed by atoms with Crippen LogP contribution >= 0.6 is 0 Å². The molecule has 0 aliphatic rings. The lowest BCUT2D eigenvalue weighted by atomic mass is 10.1. The summed E-state index contributed by atoms with van der Waals surface area (Å²) in [5, 5.41) is 12.2. The highest BCUT2D eigenvalue weighted by Crippen LogP contribution is 2.22. The van der Waals surface area contributed by atoms with Gasteiger partial charge < -0.3 is 9.73 Å². The number of nitrogens with one attached hydrogen (secondary N) is 1. The second-order valence-corrected chi connectivity index (χ2v) is 4.27. The van der Waals surface area contributed by atoms with Gasteiger partial charge in [0.25, 0.3) is 0 Å². The molecule has 2 aromatic heterocycles. The first-order valence-electron chi connectivity index (χ1n) is 6.19. The van der Waals surface area contributed by atoms with Crippen molar-refractivity contribution in [3.63, 3.8) is 0 Å². The van der Waals surface area contributed by atoms with E-state index in [2.05, 4.69) is 20.5 Å². The topological polar surface area (TPSA) is 63.8 Å². The Balaban J connectivity index is 1.92. The monoisotopic (exact) mass is 254 g/mol. The van der Waals surface area contributed by atoms with Crippen molar-refractivity contribution in [2.45, 2.75) is 6.42 Å². The minimum atomic E-state index is 0.553. The maximum atomic E-state index is 5.64. The van der Waals surface area contributed by atoms with Crippen LogP contribution in [-0.2, 0) is 6.42 Å². The van der Waals surface area contributed by atoms with Crippen LogP contribution in [0.3, 0.4) is 0 Å². The molecule has 0 atom stereocenters. The van der Waals surface area contributed by atoms with E-state index in [0.29, 0.717) is 11.8 Å². The molecule has 3 rings (SSSR count). The number of aromatic nitrogens is 3. The molecule has 1 aromatic carbocycles. The number of nitrogens with zero attached hydrogens (tertiary/aromatic N) is 3. The van der Waals surface area contributed by atoms with Gasteiger partial charge in [-0.3, -0.25) is 4.98 Å². The van der Waals surface area contributed by atoms with Gasteiger partial charge in [0, 0.05) is 30.1 Å². The van der Waals surface area contributed by atoms with Crippen LogP contribution in [-0.4, -0.2) is 28.8 Å². The van der Waals surface area contributed by atoms with E-state index in [9.17, 15) is 0 Å². The predicted molar refractivity (Wildman–Crippen MR) is 72.7 cm³/mol. The summed E-state index contributed by atoms with van der Waals surface area (Å²) in [5.41, 5.74) is 1.88. The highest BCUT2D eigenvalue weighted by atomic mass is 16.4. The van der Waals surface area contributed by atoms with Gasteiger partial charge in [-0.05, 0) is 31.3 Å². The Labute approximate surface area is 110 Å². The third kappa shape index (κ3) is 2.46. The molecule has 0 saturated heterocycles. The molecular formula is C14H14N4O. The van der Waals surface area contributed by atoms with Crippen molar-refractivity contribution < 1.29 is 4.42 Å². The number of benzene rings is 1. The Morgan fingerprint density at radius 3 is 3.05 bits per heavy atom. The summed E-state index contributed by atoms with van der Waals surface area (Å²) in [6.07, 6.45) is 2.52. The van der Waals surface area contributed by atoms with Crippen molar-refractivity contribution in [1.82, 2.24) is 20.5 Å². The van der Waals surface area contributed by atoms with Crippen LogP contribution in [0.4, 0.5) is 0 Å². The Bertz CT molecular complexity index is 692. The second-order valence-electron chi connectivity index (χ2n) is 4.27. The van der Waals surface area contributed by atoms with E-state index >= 15 is 0 Å². The van der Waals surface area contributed by atoms with Crippen LogP contribution in [0.2, 0.25) is 0 Å². The minimum absolute atomic E-state index is 0.553. The number of hydrogen-bond donors (Lipinski definition) is 1. The molecule has 0 bridgehead atoms. The fourth-order valence-corrected chi connectivity index (χ4v) is 1.91. The molecule has 2 heterocycles. The summed E-state index contributed by atoms with van der Waals surface area (Å²) < 4.78 is 5.64. The van der Waals surface area contributed by atoms with Gasteiger partial charge in [0.2, 0.25) is 11.8 Å². The minimum Gasteiger partial charge on any atom is -0.421 e.